The van der Waals surface area contributed by atoms with E-state index in [-0.39, 0.29) is 31.6 Å². The van der Waals surface area contributed by atoms with Crippen molar-refractivity contribution in [2.75, 3.05) is 13.1 Å². The van der Waals surface area contributed by atoms with Gasteiger partial charge in [-0.2, -0.15) is 9.72 Å². The van der Waals surface area contributed by atoms with Crippen LogP contribution in [0, 0.1) is 11.7 Å². The Kier molecular flexibility index (Phi) is 10.6. The van der Waals surface area contributed by atoms with Crippen molar-refractivity contribution in [2.24, 2.45) is 10.9 Å². The summed E-state index contributed by atoms with van der Waals surface area (Å²) in [6.07, 6.45) is 1.95. The number of carbonyl (C=O) groups is 4. The minimum Gasteiger partial charge on any atom is -0.529 e. The number of aromatic nitrogens is 1. The van der Waals surface area contributed by atoms with E-state index in [1.807, 2.05) is 37.3 Å². The minimum atomic E-state index is -1.68. The lowest BCUT2D eigenvalue weighted by Crippen LogP contribution is -2.56. The predicted molar refractivity (Wildman–Crippen MR) is 131 cm³/mol. The van der Waals surface area contributed by atoms with Crippen molar-refractivity contribution in [2.45, 2.75) is 51.7 Å². The molecule has 2 atom stereocenters. The fourth-order valence-corrected chi connectivity index (χ4v) is 4.25. The minimum absolute atomic E-state index is 0.0712. The first kappa shape index (κ1) is 29.3. The molecule has 0 bridgehead atoms. The molecule has 1 fully saturated rings. The maximum absolute atomic E-state index is 13.8. The van der Waals surface area contributed by atoms with Crippen molar-refractivity contribution < 1.29 is 38.7 Å². The zero-order chi connectivity index (χ0) is 28.4. The Hall–Kier alpha value is -4.26. The number of hydroxylamine groups is 2. The van der Waals surface area contributed by atoms with E-state index in [1.165, 1.54) is 0 Å². The summed E-state index contributed by atoms with van der Waals surface area (Å²) < 4.78 is 13.6. The summed E-state index contributed by atoms with van der Waals surface area (Å²) in [7, 11) is 0. The summed E-state index contributed by atoms with van der Waals surface area (Å²) in [4.78, 5) is 59.8. The second kappa shape index (κ2) is 14.0. The van der Waals surface area contributed by atoms with Crippen LogP contribution >= 0.6 is 0 Å². The van der Waals surface area contributed by atoms with Crippen LogP contribution in [0.15, 0.2) is 53.7 Å². The first-order valence-electron chi connectivity index (χ1n) is 12.6. The van der Waals surface area contributed by atoms with Crippen molar-refractivity contribution in [3.63, 3.8) is 0 Å². The first-order valence-corrected chi connectivity index (χ1v) is 12.6. The van der Waals surface area contributed by atoms with Crippen LogP contribution in [0.2, 0.25) is 0 Å². The van der Waals surface area contributed by atoms with Crippen molar-refractivity contribution in [1.29, 1.82) is 0 Å². The van der Waals surface area contributed by atoms with Crippen LogP contribution in [0.25, 0.3) is 0 Å². The molecule has 1 aliphatic heterocycles. The van der Waals surface area contributed by atoms with Crippen LogP contribution in [0.5, 0.6) is 0 Å². The summed E-state index contributed by atoms with van der Waals surface area (Å²) in [5.41, 5.74) is 0.497. The van der Waals surface area contributed by atoms with Gasteiger partial charge >= 0.3 is 0 Å². The molecule has 1 aromatic carbocycles. The molecule has 4 amide bonds. The van der Waals surface area contributed by atoms with Crippen molar-refractivity contribution >= 4 is 24.3 Å². The Morgan fingerprint density at radius 3 is 2.62 bits per heavy atom. The Bertz CT molecular complexity index is 1220. The first-order chi connectivity index (χ1) is 18.7. The van der Waals surface area contributed by atoms with Gasteiger partial charge in [0.1, 0.15) is 18.5 Å². The van der Waals surface area contributed by atoms with Crippen LogP contribution < -0.4 is 10.6 Å². The van der Waals surface area contributed by atoms with E-state index in [1.54, 1.807) is 0 Å². The third-order valence-electron chi connectivity index (χ3n) is 6.25. The van der Waals surface area contributed by atoms with Gasteiger partial charge in [0.25, 0.3) is 5.91 Å². The lowest BCUT2D eigenvalue weighted by molar-refractivity contribution is -0.277. The molecule has 12 nitrogen and oxygen atoms in total. The second-order valence-electron chi connectivity index (χ2n) is 9.03. The molecule has 0 radical (unpaired) electrons. The Morgan fingerprint density at radius 2 is 1.97 bits per heavy atom. The van der Waals surface area contributed by atoms with E-state index in [9.17, 15) is 33.9 Å². The molecule has 1 aromatic heterocycles. The smallest absolute Gasteiger partial charge is 0.272 e. The molecule has 0 saturated carbocycles. The van der Waals surface area contributed by atoms with Crippen LogP contribution in [-0.4, -0.2) is 68.5 Å². The van der Waals surface area contributed by atoms with Gasteiger partial charge in [-0.3, -0.25) is 24.2 Å². The zero-order valence-corrected chi connectivity index (χ0v) is 21.5. The highest BCUT2D eigenvalue weighted by atomic mass is 19.1. The lowest BCUT2D eigenvalue weighted by atomic mass is 9.99. The van der Waals surface area contributed by atoms with Gasteiger partial charge in [0.05, 0.1) is 18.7 Å². The second-order valence-corrected chi connectivity index (χ2v) is 9.03. The van der Waals surface area contributed by atoms with Gasteiger partial charge in [0.2, 0.25) is 12.3 Å². The van der Waals surface area contributed by atoms with Gasteiger partial charge < -0.3 is 15.1 Å². The highest BCUT2D eigenvalue weighted by Crippen LogP contribution is 2.25. The van der Waals surface area contributed by atoms with Gasteiger partial charge in [-0.1, -0.05) is 56.5 Å². The van der Waals surface area contributed by atoms with Gasteiger partial charge in [0, 0.05) is 6.54 Å². The third-order valence-corrected chi connectivity index (χ3v) is 6.25. The average Bonchev–Trinajstić information content (AvgIpc) is 3.38. The van der Waals surface area contributed by atoms with Crippen molar-refractivity contribution in [3.05, 3.63) is 65.5 Å². The zero-order valence-electron chi connectivity index (χ0n) is 21.5. The molecular formula is C26H31FN5O7-. The van der Waals surface area contributed by atoms with Gasteiger partial charge in [-0.15, -0.1) is 0 Å². The molecule has 2 heterocycles. The summed E-state index contributed by atoms with van der Waals surface area (Å²) in [5, 5.41) is 24.1. The third kappa shape index (κ3) is 7.87. The number of carbonyl (C=O) groups excluding carboxylic acids is 4. The molecule has 3 rings (SSSR count). The predicted octanol–water partition coefficient (Wildman–Crippen LogP) is 1.24. The number of halogens is 1. The number of hydrogen-bond acceptors (Lipinski definition) is 7. The maximum Gasteiger partial charge on any atom is 0.272 e. The molecule has 1 saturated heterocycles. The Balaban J connectivity index is 1.85. The number of pyridine rings is 1. The number of benzene rings is 1. The highest BCUT2D eigenvalue weighted by molar-refractivity contribution is 5.90. The molecule has 1 aliphatic rings. The standard InChI is InChI=1S/C26H32FN5O7/c1-2-3-5-10-20(15-29(18-33)39-17-19-8-6-4-7-9-19)25(35)32-22(13-14-30(32)26(36)37)24(34)28-23-12-11-21(27)16-31(23)38/h4,6-9,11-12,16,18,20,22,38H,2-3,5,10,13-15,17H2,1H3,(H,36,37)/p-1/t20-,22+/m1/s1. The summed E-state index contributed by atoms with van der Waals surface area (Å²) in [5.74, 6) is -3.30. The number of unbranched alkanes of at least 4 members (excludes halogenated alkanes) is 2. The molecule has 1 N–H and O–H groups in total. The highest BCUT2D eigenvalue weighted by Gasteiger charge is 2.43. The summed E-state index contributed by atoms with van der Waals surface area (Å²) in [6.45, 7) is 1.67. The van der Waals surface area contributed by atoms with Crippen LogP contribution in [0.4, 0.5) is 9.18 Å². The number of hydrogen-bond donors (Lipinski definition) is 1. The largest absolute Gasteiger partial charge is 0.529 e. The van der Waals surface area contributed by atoms with Gasteiger partial charge in [-0.05, 0) is 30.5 Å². The Labute approximate surface area is 224 Å². The number of hydrazine groups is 1. The van der Waals surface area contributed by atoms with Crippen molar-refractivity contribution in [3.8, 4) is 0 Å². The number of amides is 4. The van der Waals surface area contributed by atoms with E-state index in [0.29, 0.717) is 35.2 Å². The summed E-state index contributed by atoms with van der Waals surface area (Å²) >= 11 is 0. The monoisotopic (exact) mass is 544 g/mol. The molecule has 39 heavy (non-hydrogen) atoms. The number of rotatable bonds is 12. The molecule has 210 valence electrons. The SMILES string of the molecule is CCCCC[C@H](CN(C=O)OCc1ccccc1)C(=O)N1[C@H](C(=O)N=c2ccc(F)cn2O)CCN1C(=O)[O-]. The van der Waals surface area contributed by atoms with E-state index in [4.69, 9.17) is 4.84 Å². The maximum atomic E-state index is 13.8. The molecular weight excluding hydrogens is 513 g/mol. The Morgan fingerprint density at radius 1 is 1.23 bits per heavy atom. The molecule has 0 spiro atoms. The number of carboxylic acid groups (broad SMARTS) is 1. The molecule has 2 aromatic rings. The molecule has 0 aliphatic carbocycles. The van der Waals surface area contributed by atoms with Crippen LogP contribution in [0.1, 0.15) is 44.6 Å². The number of nitrogens with zero attached hydrogens (tertiary/aromatic N) is 5. The van der Waals surface area contributed by atoms with E-state index >= 15 is 0 Å². The lowest BCUT2D eigenvalue weighted by Gasteiger charge is -2.35. The quantitative estimate of drug-likeness (QED) is 0.183. The molecule has 13 heteroatoms. The van der Waals surface area contributed by atoms with E-state index < -0.39 is 35.7 Å². The van der Waals surface area contributed by atoms with Gasteiger partial charge in [0.15, 0.2) is 11.6 Å². The average molecular weight is 545 g/mol. The fraction of sp³-hybridized carbons (Fsp3) is 0.423. The van der Waals surface area contributed by atoms with Crippen molar-refractivity contribution in [1.82, 2.24) is 19.8 Å². The topological polar surface area (TPSA) is 148 Å². The summed E-state index contributed by atoms with van der Waals surface area (Å²) in [6, 6.07) is 9.82. The van der Waals surface area contributed by atoms with Gasteiger partial charge in [-0.25, -0.2) is 14.5 Å². The molecule has 0 unspecified atom stereocenters. The van der Waals surface area contributed by atoms with E-state index in [0.717, 1.165) is 40.6 Å². The van der Waals surface area contributed by atoms with Crippen LogP contribution in [-0.2, 0) is 25.8 Å². The van der Waals surface area contributed by atoms with E-state index in [2.05, 4.69) is 4.99 Å². The normalized spacial score (nSPS) is 16.3. The van der Waals surface area contributed by atoms with Crippen LogP contribution in [0.3, 0.4) is 0 Å². The fourth-order valence-electron chi connectivity index (χ4n) is 4.25.